The Morgan fingerprint density at radius 3 is 2.86 bits per heavy atom. The summed E-state index contributed by atoms with van der Waals surface area (Å²) >= 11 is 0. The van der Waals surface area contributed by atoms with Crippen molar-refractivity contribution in [3.63, 3.8) is 0 Å². The van der Waals surface area contributed by atoms with Crippen molar-refractivity contribution in [1.82, 2.24) is 4.90 Å². The van der Waals surface area contributed by atoms with Crippen LogP contribution < -0.4 is 14.2 Å². The van der Waals surface area contributed by atoms with Gasteiger partial charge in [-0.25, -0.2) is 4.39 Å². The topological polar surface area (TPSA) is 30.9 Å². The molecule has 2 fully saturated rings. The molecule has 4 rings (SSSR count). The molecule has 2 heterocycles. The zero-order valence-electron chi connectivity index (χ0n) is 17.1. The Kier molecular flexibility index (Phi) is 6.61. The highest BCUT2D eigenvalue weighted by Crippen LogP contribution is 2.41. The molecule has 2 unspecified atom stereocenters. The maximum absolute atomic E-state index is 13.8. The number of likely N-dealkylation sites (tertiary alicyclic amines) is 1. The van der Waals surface area contributed by atoms with Crippen LogP contribution in [0.1, 0.15) is 51.9 Å². The van der Waals surface area contributed by atoms with E-state index in [1.165, 1.54) is 32.2 Å². The van der Waals surface area contributed by atoms with E-state index in [0.29, 0.717) is 24.4 Å². The van der Waals surface area contributed by atoms with Gasteiger partial charge in [-0.2, -0.15) is 0 Å². The number of nitrogens with zero attached hydrogens (tertiary/aromatic N) is 1. The van der Waals surface area contributed by atoms with E-state index in [9.17, 15) is 4.39 Å². The summed E-state index contributed by atoms with van der Waals surface area (Å²) in [6, 6.07) is 5.79. The minimum atomic E-state index is -0.594. The second kappa shape index (κ2) is 9.34. The number of ether oxygens (including phenoxy) is 3. The lowest BCUT2D eigenvalue weighted by Crippen LogP contribution is -2.45. The molecule has 1 saturated heterocycles. The van der Waals surface area contributed by atoms with Gasteiger partial charge in [0.05, 0.1) is 6.61 Å². The van der Waals surface area contributed by atoms with Gasteiger partial charge in [-0.15, -0.1) is 0 Å². The molecule has 1 aliphatic carbocycles. The predicted molar refractivity (Wildman–Crippen MR) is 108 cm³/mol. The molecular formula is C23H34FNO3. The lowest BCUT2D eigenvalue weighted by Gasteiger charge is -2.41. The molecule has 0 amide bonds. The van der Waals surface area contributed by atoms with Crippen LogP contribution in [0.3, 0.4) is 0 Å². The number of hydrogen-bond acceptors (Lipinski definition) is 4. The first-order valence-electron chi connectivity index (χ1n) is 11.1. The fourth-order valence-electron chi connectivity index (χ4n) is 5.23. The zero-order chi connectivity index (χ0) is 19.3. The van der Waals surface area contributed by atoms with Crippen molar-refractivity contribution in [1.29, 1.82) is 0 Å². The van der Waals surface area contributed by atoms with Gasteiger partial charge in [0.1, 0.15) is 11.9 Å². The van der Waals surface area contributed by atoms with Crippen LogP contribution in [0.2, 0.25) is 0 Å². The number of alkyl halides is 1. The van der Waals surface area contributed by atoms with Gasteiger partial charge in [0.2, 0.25) is 6.79 Å². The van der Waals surface area contributed by atoms with Gasteiger partial charge in [0, 0.05) is 18.5 Å². The lowest BCUT2D eigenvalue weighted by molar-refractivity contribution is 0.0489. The van der Waals surface area contributed by atoms with Crippen LogP contribution >= 0.6 is 0 Å². The summed E-state index contributed by atoms with van der Waals surface area (Å²) < 4.78 is 30.9. The molecule has 1 aromatic rings. The highest BCUT2D eigenvalue weighted by molar-refractivity contribution is 5.46. The lowest BCUT2D eigenvalue weighted by atomic mass is 9.76. The number of benzene rings is 1. The Balaban J connectivity index is 1.38. The van der Waals surface area contributed by atoms with Crippen LogP contribution in [-0.2, 0) is 0 Å². The predicted octanol–water partition coefficient (Wildman–Crippen LogP) is 5.06. The van der Waals surface area contributed by atoms with Crippen LogP contribution in [0.4, 0.5) is 4.39 Å². The first-order valence-corrected chi connectivity index (χ1v) is 11.1. The zero-order valence-corrected chi connectivity index (χ0v) is 17.1. The Morgan fingerprint density at radius 2 is 2.04 bits per heavy atom. The highest BCUT2D eigenvalue weighted by Gasteiger charge is 2.38. The largest absolute Gasteiger partial charge is 0.493 e. The first kappa shape index (κ1) is 19.8. The standard InChI is InChI=1S/C23H34FNO3/c1-2-3-4-10-25-11-9-21(17-5-6-19(24)12-17)18(14-25)15-26-20-7-8-22-23(13-20)28-16-27-22/h7-8,13,17-19,21H,2-6,9-12,14-16H2,1H3/t17?,18-,19?,21-/m1/s1. The summed E-state index contributed by atoms with van der Waals surface area (Å²) in [5.74, 6) is 3.95. The molecule has 0 N–H and O–H groups in total. The molecule has 2 aliphatic heterocycles. The van der Waals surface area contributed by atoms with Crippen molar-refractivity contribution in [2.45, 2.75) is 58.0 Å². The van der Waals surface area contributed by atoms with E-state index in [1.54, 1.807) is 0 Å². The summed E-state index contributed by atoms with van der Waals surface area (Å²) in [7, 11) is 0. The summed E-state index contributed by atoms with van der Waals surface area (Å²) in [6.07, 6.45) is 6.95. The van der Waals surface area contributed by atoms with E-state index in [1.807, 2.05) is 18.2 Å². The first-order chi connectivity index (χ1) is 13.7. The van der Waals surface area contributed by atoms with Gasteiger partial charge in [-0.3, -0.25) is 0 Å². The highest BCUT2D eigenvalue weighted by atomic mass is 19.1. The van der Waals surface area contributed by atoms with E-state index in [0.717, 1.165) is 49.6 Å². The average molecular weight is 392 g/mol. The van der Waals surface area contributed by atoms with Crippen LogP contribution in [0.5, 0.6) is 17.2 Å². The number of unbranched alkanes of at least 4 members (excludes halogenated alkanes) is 2. The maximum atomic E-state index is 13.8. The van der Waals surface area contributed by atoms with E-state index >= 15 is 0 Å². The van der Waals surface area contributed by atoms with Gasteiger partial charge < -0.3 is 19.1 Å². The molecule has 1 aromatic carbocycles. The molecule has 4 atom stereocenters. The maximum Gasteiger partial charge on any atom is 0.231 e. The van der Waals surface area contributed by atoms with Crippen LogP contribution in [0.25, 0.3) is 0 Å². The van der Waals surface area contributed by atoms with Crippen LogP contribution in [0, 0.1) is 17.8 Å². The van der Waals surface area contributed by atoms with Crippen molar-refractivity contribution in [2.24, 2.45) is 17.8 Å². The number of rotatable bonds is 8. The molecule has 3 aliphatic rings. The van der Waals surface area contributed by atoms with Crippen LogP contribution in [0.15, 0.2) is 18.2 Å². The fraction of sp³-hybridized carbons (Fsp3) is 0.739. The van der Waals surface area contributed by atoms with Gasteiger partial charge in [-0.1, -0.05) is 19.8 Å². The average Bonchev–Trinajstić information content (AvgIpc) is 3.35. The van der Waals surface area contributed by atoms with Crippen molar-refractivity contribution in [3.8, 4) is 17.2 Å². The summed E-state index contributed by atoms with van der Waals surface area (Å²) in [6.45, 7) is 6.64. The monoisotopic (exact) mass is 391 g/mol. The summed E-state index contributed by atoms with van der Waals surface area (Å²) in [5.41, 5.74) is 0. The SMILES string of the molecule is CCCCCN1CC[C@H](C2CCC(F)C2)[C@@H](COc2ccc3c(c2)OCO3)C1. The second-order valence-electron chi connectivity index (χ2n) is 8.72. The molecule has 1 saturated carbocycles. The fourth-order valence-corrected chi connectivity index (χ4v) is 5.23. The van der Waals surface area contributed by atoms with Gasteiger partial charge in [0.15, 0.2) is 11.5 Å². The van der Waals surface area contributed by atoms with Gasteiger partial charge in [-0.05, 0) is 69.2 Å². The van der Waals surface area contributed by atoms with Crippen LogP contribution in [-0.4, -0.2) is 44.1 Å². The Bertz CT molecular complexity index is 640. The Labute approximate surface area is 168 Å². The molecule has 4 nitrogen and oxygen atoms in total. The molecule has 156 valence electrons. The molecule has 0 radical (unpaired) electrons. The van der Waals surface area contributed by atoms with Gasteiger partial charge in [0.25, 0.3) is 0 Å². The van der Waals surface area contributed by atoms with E-state index in [-0.39, 0.29) is 6.79 Å². The van der Waals surface area contributed by atoms with E-state index in [2.05, 4.69) is 11.8 Å². The van der Waals surface area contributed by atoms with Crippen molar-refractivity contribution in [3.05, 3.63) is 18.2 Å². The van der Waals surface area contributed by atoms with E-state index in [4.69, 9.17) is 14.2 Å². The summed E-state index contributed by atoms with van der Waals surface area (Å²) in [4.78, 5) is 2.60. The minimum Gasteiger partial charge on any atom is -0.493 e. The molecule has 0 spiro atoms. The Morgan fingerprint density at radius 1 is 1.14 bits per heavy atom. The van der Waals surface area contributed by atoms with Crippen molar-refractivity contribution < 1.29 is 18.6 Å². The molecule has 28 heavy (non-hydrogen) atoms. The third-order valence-electron chi connectivity index (χ3n) is 6.78. The molecule has 0 aromatic heterocycles. The molecular weight excluding hydrogens is 357 g/mol. The number of hydrogen-bond donors (Lipinski definition) is 0. The van der Waals surface area contributed by atoms with Crippen molar-refractivity contribution in [2.75, 3.05) is 33.0 Å². The normalized spacial score (nSPS) is 29.9. The Hall–Kier alpha value is -1.49. The number of piperidine rings is 1. The number of fused-ring (bicyclic) bond motifs is 1. The third kappa shape index (κ3) is 4.73. The minimum absolute atomic E-state index is 0.280. The molecule has 0 bridgehead atoms. The smallest absolute Gasteiger partial charge is 0.231 e. The quantitative estimate of drug-likeness (QED) is 0.580. The molecule has 5 heteroatoms. The second-order valence-corrected chi connectivity index (χ2v) is 8.72. The third-order valence-corrected chi connectivity index (χ3v) is 6.78. The van der Waals surface area contributed by atoms with Gasteiger partial charge >= 0.3 is 0 Å². The van der Waals surface area contributed by atoms with E-state index < -0.39 is 6.17 Å². The summed E-state index contributed by atoms with van der Waals surface area (Å²) in [5, 5.41) is 0. The van der Waals surface area contributed by atoms with Crippen molar-refractivity contribution >= 4 is 0 Å². The number of halogens is 1.